The summed E-state index contributed by atoms with van der Waals surface area (Å²) < 4.78 is 1.01. The summed E-state index contributed by atoms with van der Waals surface area (Å²) in [5.74, 6) is 0.342. The van der Waals surface area contributed by atoms with Gasteiger partial charge in [-0.1, -0.05) is 6.92 Å². The van der Waals surface area contributed by atoms with Crippen molar-refractivity contribution in [2.75, 3.05) is 0 Å². The van der Waals surface area contributed by atoms with Crippen molar-refractivity contribution < 1.29 is 9.59 Å². The highest BCUT2D eigenvalue weighted by Crippen LogP contribution is 2.46. The summed E-state index contributed by atoms with van der Waals surface area (Å²) in [7, 11) is 0. The van der Waals surface area contributed by atoms with Gasteiger partial charge in [0.1, 0.15) is 11.6 Å². The Balaban J connectivity index is 1.95. The van der Waals surface area contributed by atoms with Gasteiger partial charge < -0.3 is 10.2 Å². The Morgan fingerprint density at radius 1 is 1.48 bits per heavy atom. The van der Waals surface area contributed by atoms with Gasteiger partial charge >= 0.3 is 0 Å². The smallest absolute Gasteiger partial charge is 0.246 e. The van der Waals surface area contributed by atoms with Crippen LogP contribution in [0.3, 0.4) is 0 Å². The van der Waals surface area contributed by atoms with Crippen LogP contribution in [0.25, 0.3) is 0 Å². The first-order valence-corrected chi connectivity index (χ1v) is 9.00. The summed E-state index contributed by atoms with van der Waals surface area (Å²) in [6.07, 6.45) is 2.68. The molecule has 4 nitrogen and oxygen atoms in total. The van der Waals surface area contributed by atoms with Crippen LogP contribution in [-0.4, -0.2) is 28.3 Å². The van der Waals surface area contributed by atoms with Gasteiger partial charge in [-0.15, -0.1) is 11.3 Å². The average Bonchev–Trinajstić information content (AvgIpc) is 3.24. The fourth-order valence-corrected chi connectivity index (χ4v) is 4.52. The maximum atomic E-state index is 12.8. The highest BCUT2D eigenvalue weighted by atomic mass is 79.9. The van der Waals surface area contributed by atoms with E-state index in [0.29, 0.717) is 13.0 Å². The molecular weight excluding hydrogens is 352 g/mol. The second kappa shape index (κ2) is 5.39. The lowest BCUT2D eigenvalue weighted by molar-refractivity contribution is -0.159. The van der Waals surface area contributed by atoms with Crippen LogP contribution >= 0.6 is 27.3 Å². The molecule has 1 aliphatic carbocycles. The molecule has 0 spiro atoms. The third kappa shape index (κ3) is 2.42. The number of nitrogens with zero attached hydrogens (tertiary/aromatic N) is 1. The Bertz CT molecular complexity index is 584. The normalized spacial score (nSPS) is 29.7. The summed E-state index contributed by atoms with van der Waals surface area (Å²) >= 11 is 5.14. The van der Waals surface area contributed by atoms with E-state index in [-0.39, 0.29) is 23.8 Å². The number of nitrogens with one attached hydrogen (secondary N) is 1. The van der Waals surface area contributed by atoms with Gasteiger partial charge in [0.25, 0.3) is 0 Å². The Morgan fingerprint density at radius 3 is 2.71 bits per heavy atom. The molecule has 2 aliphatic rings. The molecule has 1 N–H and O–H groups in total. The van der Waals surface area contributed by atoms with Crippen LogP contribution in [0, 0.1) is 5.92 Å². The molecule has 1 aromatic rings. The summed E-state index contributed by atoms with van der Waals surface area (Å²) in [5.41, 5.74) is -0.702. The Kier molecular flexibility index (Phi) is 3.86. The number of thiophene rings is 1. The minimum atomic E-state index is -0.702. The lowest BCUT2D eigenvalue weighted by Crippen LogP contribution is -2.69. The molecule has 1 aliphatic heterocycles. The SMILES string of the molecule is CCC1NC(=O)C(C)(C2CC2)N(Cc2sccc2Br)C1=O. The molecule has 2 heterocycles. The highest BCUT2D eigenvalue weighted by Gasteiger charge is 2.56. The lowest BCUT2D eigenvalue weighted by atomic mass is 9.87. The first-order valence-electron chi connectivity index (χ1n) is 7.32. The second-order valence-electron chi connectivity index (χ2n) is 5.97. The minimum absolute atomic E-state index is 0.00382. The summed E-state index contributed by atoms with van der Waals surface area (Å²) in [4.78, 5) is 28.3. The number of piperazine rings is 1. The van der Waals surface area contributed by atoms with Crippen molar-refractivity contribution in [2.45, 2.75) is 51.2 Å². The second-order valence-corrected chi connectivity index (χ2v) is 7.83. The molecule has 0 aromatic carbocycles. The van der Waals surface area contributed by atoms with E-state index in [1.165, 1.54) is 0 Å². The fraction of sp³-hybridized carbons (Fsp3) is 0.600. The van der Waals surface area contributed by atoms with E-state index in [4.69, 9.17) is 0 Å². The van der Waals surface area contributed by atoms with Crippen molar-refractivity contribution in [1.82, 2.24) is 10.2 Å². The Hall–Kier alpha value is -0.880. The van der Waals surface area contributed by atoms with Crippen LogP contribution in [0.1, 0.15) is 38.0 Å². The monoisotopic (exact) mass is 370 g/mol. The molecule has 0 bridgehead atoms. The molecular formula is C15H19BrN2O2S. The standard InChI is InChI=1S/C15H19BrN2O2S/c1-3-11-13(19)18(8-12-10(16)6-7-21-12)15(2,9-4-5-9)14(20)17-11/h6-7,9,11H,3-5,8H2,1-2H3,(H,17,20). The van der Waals surface area contributed by atoms with Crippen molar-refractivity contribution >= 4 is 39.1 Å². The van der Waals surface area contributed by atoms with Crippen LogP contribution in [0.5, 0.6) is 0 Å². The quantitative estimate of drug-likeness (QED) is 0.885. The average molecular weight is 371 g/mol. The van der Waals surface area contributed by atoms with Crippen molar-refractivity contribution in [3.8, 4) is 0 Å². The molecule has 1 saturated carbocycles. The number of hydrogen-bond acceptors (Lipinski definition) is 3. The first kappa shape index (κ1) is 15.0. The van der Waals surface area contributed by atoms with Gasteiger partial charge in [0, 0.05) is 9.35 Å². The zero-order chi connectivity index (χ0) is 15.2. The van der Waals surface area contributed by atoms with E-state index in [1.807, 2.05) is 30.2 Å². The third-order valence-corrected chi connectivity index (χ3v) is 6.57. The number of hydrogen-bond donors (Lipinski definition) is 1. The van der Waals surface area contributed by atoms with Gasteiger partial charge in [-0.2, -0.15) is 0 Å². The topological polar surface area (TPSA) is 49.4 Å². The third-order valence-electron chi connectivity index (χ3n) is 4.66. The van der Waals surface area contributed by atoms with Gasteiger partial charge in [0.15, 0.2) is 0 Å². The molecule has 6 heteroatoms. The highest BCUT2D eigenvalue weighted by molar-refractivity contribution is 9.10. The fourth-order valence-electron chi connectivity index (χ4n) is 3.06. The van der Waals surface area contributed by atoms with Crippen molar-refractivity contribution in [1.29, 1.82) is 0 Å². The number of amides is 2. The molecule has 114 valence electrons. The largest absolute Gasteiger partial charge is 0.342 e. The zero-order valence-electron chi connectivity index (χ0n) is 12.2. The summed E-state index contributed by atoms with van der Waals surface area (Å²) in [5, 5.41) is 4.91. The van der Waals surface area contributed by atoms with E-state index in [9.17, 15) is 9.59 Å². The molecule has 2 unspecified atom stereocenters. The van der Waals surface area contributed by atoms with Crippen LogP contribution in [0.15, 0.2) is 15.9 Å². The molecule has 1 saturated heterocycles. The van der Waals surface area contributed by atoms with E-state index >= 15 is 0 Å². The molecule has 1 aromatic heterocycles. The van der Waals surface area contributed by atoms with E-state index in [0.717, 1.165) is 22.2 Å². The maximum absolute atomic E-state index is 12.8. The van der Waals surface area contributed by atoms with Crippen molar-refractivity contribution in [3.05, 3.63) is 20.8 Å². The molecule has 3 rings (SSSR count). The molecule has 21 heavy (non-hydrogen) atoms. The molecule has 0 radical (unpaired) electrons. The maximum Gasteiger partial charge on any atom is 0.246 e. The molecule has 2 atom stereocenters. The number of rotatable bonds is 4. The predicted octanol–water partition coefficient (Wildman–Crippen LogP) is 2.92. The van der Waals surface area contributed by atoms with Gasteiger partial charge in [-0.05, 0) is 59.5 Å². The van der Waals surface area contributed by atoms with Gasteiger partial charge in [0.2, 0.25) is 11.8 Å². The van der Waals surface area contributed by atoms with Crippen molar-refractivity contribution in [2.24, 2.45) is 5.92 Å². The molecule has 2 fully saturated rings. The van der Waals surface area contributed by atoms with Crippen LogP contribution in [-0.2, 0) is 16.1 Å². The van der Waals surface area contributed by atoms with Gasteiger partial charge in [-0.25, -0.2) is 0 Å². The number of carbonyl (C=O) groups is 2. The van der Waals surface area contributed by atoms with E-state index in [2.05, 4.69) is 21.2 Å². The number of carbonyl (C=O) groups excluding carboxylic acids is 2. The van der Waals surface area contributed by atoms with E-state index in [1.54, 1.807) is 11.3 Å². The predicted molar refractivity (Wildman–Crippen MR) is 85.9 cm³/mol. The minimum Gasteiger partial charge on any atom is -0.342 e. The Morgan fingerprint density at radius 2 is 2.19 bits per heavy atom. The number of halogens is 1. The van der Waals surface area contributed by atoms with Crippen LogP contribution < -0.4 is 5.32 Å². The van der Waals surface area contributed by atoms with E-state index < -0.39 is 5.54 Å². The van der Waals surface area contributed by atoms with Gasteiger partial charge in [-0.3, -0.25) is 9.59 Å². The summed E-state index contributed by atoms with van der Waals surface area (Å²) in [6, 6.07) is 1.60. The van der Waals surface area contributed by atoms with Crippen molar-refractivity contribution in [3.63, 3.8) is 0 Å². The zero-order valence-corrected chi connectivity index (χ0v) is 14.6. The Labute approximate surface area is 137 Å². The first-order chi connectivity index (χ1) is 9.98. The van der Waals surface area contributed by atoms with Crippen LogP contribution in [0.2, 0.25) is 0 Å². The van der Waals surface area contributed by atoms with Crippen LogP contribution in [0.4, 0.5) is 0 Å². The lowest BCUT2D eigenvalue weighted by Gasteiger charge is -2.46. The van der Waals surface area contributed by atoms with Gasteiger partial charge in [0.05, 0.1) is 6.54 Å². The molecule has 2 amide bonds. The summed E-state index contributed by atoms with van der Waals surface area (Å²) in [6.45, 7) is 4.36.